The van der Waals surface area contributed by atoms with Crippen LogP contribution < -0.4 is 15.4 Å². The van der Waals surface area contributed by atoms with Gasteiger partial charge in [0.25, 0.3) is 0 Å². The zero-order chi connectivity index (χ0) is 24.2. The molecule has 0 aliphatic carbocycles. The van der Waals surface area contributed by atoms with Crippen LogP contribution in [0.1, 0.15) is 41.5 Å². The molecular weight excluding hydrogens is 530 g/mol. The molecule has 0 fully saturated rings. The SMILES string of the molecule is CC(C)(C)C(=O)NC(Sc1nccc(O[C@H](NC(=O)C(C)(C)C)C(Cl)(Cl)Cl)n1)=C(Cl)Cl. The summed E-state index contributed by atoms with van der Waals surface area (Å²) in [7, 11) is 0. The first-order chi connectivity index (χ1) is 13.9. The Morgan fingerprint density at radius 1 is 1.03 bits per heavy atom. The van der Waals surface area contributed by atoms with Crippen molar-refractivity contribution in [1.29, 1.82) is 0 Å². The molecule has 0 spiro atoms. The van der Waals surface area contributed by atoms with Crippen molar-refractivity contribution >= 4 is 81.6 Å². The van der Waals surface area contributed by atoms with Crippen molar-refractivity contribution in [2.45, 2.75) is 56.7 Å². The molecule has 1 heterocycles. The Bertz CT molecular complexity index is 844. The molecule has 0 unspecified atom stereocenters. The number of halogens is 5. The highest BCUT2D eigenvalue weighted by Gasteiger charge is 2.38. The number of hydrogen-bond donors (Lipinski definition) is 2. The molecule has 0 aromatic carbocycles. The Balaban J connectivity index is 3.06. The minimum atomic E-state index is -1.98. The van der Waals surface area contributed by atoms with Crippen LogP contribution in [-0.4, -0.2) is 31.8 Å². The van der Waals surface area contributed by atoms with Crippen molar-refractivity contribution < 1.29 is 14.3 Å². The minimum Gasteiger partial charge on any atom is -0.449 e. The second-order valence-electron chi connectivity index (χ2n) is 8.34. The Labute approximate surface area is 210 Å². The lowest BCUT2D eigenvalue weighted by molar-refractivity contribution is -0.131. The fraction of sp³-hybridized carbons (Fsp3) is 0.556. The van der Waals surface area contributed by atoms with Crippen molar-refractivity contribution in [2.24, 2.45) is 10.8 Å². The Morgan fingerprint density at radius 3 is 2.03 bits per heavy atom. The highest BCUT2D eigenvalue weighted by molar-refractivity contribution is 8.03. The number of rotatable bonds is 6. The molecule has 7 nitrogen and oxygen atoms in total. The summed E-state index contributed by atoms with van der Waals surface area (Å²) in [5, 5.41) is 5.45. The summed E-state index contributed by atoms with van der Waals surface area (Å²) in [5.74, 6) is -0.686. The Kier molecular flexibility index (Phi) is 10.1. The van der Waals surface area contributed by atoms with E-state index in [1.165, 1.54) is 12.3 Å². The minimum absolute atomic E-state index is 0.00947. The van der Waals surface area contributed by atoms with Crippen LogP contribution in [0.15, 0.2) is 26.9 Å². The quantitative estimate of drug-likeness (QED) is 0.207. The van der Waals surface area contributed by atoms with Gasteiger partial charge in [0.1, 0.15) is 9.52 Å². The number of thioether (sulfide) groups is 1. The maximum atomic E-state index is 12.3. The predicted molar refractivity (Wildman–Crippen MR) is 127 cm³/mol. The van der Waals surface area contributed by atoms with E-state index in [9.17, 15) is 9.59 Å². The molecule has 1 aromatic heterocycles. The van der Waals surface area contributed by atoms with Gasteiger partial charge in [0.05, 0.1) is 0 Å². The Morgan fingerprint density at radius 2 is 1.58 bits per heavy atom. The number of nitrogens with zero attached hydrogens (tertiary/aromatic N) is 2. The van der Waals surface area contributed by atoms with E-state index in [4.69, 9.17) is 62.7 Å². The van der Waals surface area contributed by atoms with Gasteiger partial charge in [-0.15, -0.1) is 0 Å². The molecule has 0 saturated heterocycles. The van der Waals surface area contributed by atoms with Crippen LogP contribution in [0.2, 0.25) is 0 Å². The summed E-state index contributed by atoms with van der Waals surface area (Å²) in [6.07, 6.45) is 0.0565. The first kappa shape index (κ1) is 28.4. The fourth-order valence-corrected chi connectivity index (χ4v) is 2.84. The van der Waals surface area contributed by atoms with Crippen molar-refractivity contribution in [3.8, 4) is 5.88 Å². The molecule has 2 amide bonds. The Hall–Kier alpha value is -0.640. The third-order valence-electron chi connectivity index (χ3n) is 3.36. The lowest BCUT2D eigenvalue weighted by Crippen LogP contribution is -2.51. The summed E-state index contributed by atoms with van der Waals surface area (Å²) in [5.41, 5.74) is -1.42. The van der Waals surface area contributed by atoms with Crippen molar-refractivity contribution in [3.05, 3.63) is 21.8 Å². The summed E-state index contributed by atoms with van der Waals surface area (Å²) < 4.78 is 3.45. The second-order valence-corrected chi connectivity index (χ2v) is 12.6. The number of ether oxygens (including phenoxy) is 1. The smallest absolute Gasteiger partial charge is 0.246 e. The van der Waals surface area contributed by atoms with Crippen molar-refractivity contribution in [2.75, 3.05) is 0 Å². The fourth-order valence-electron chi connectivity index (χ4n) is 1.57. The topological polar surface area (TPSA) is 93.2 Å². The van der Waals surface area contributed by atoms with E-state index in [1.807, 2.05) is 0 Å². The van der Waals surface area contributed by atoms with Gasteiger partial charge in [-0.05, 0) is 11.8 Å². The van der Waals surface area contributed by atoms with Crippen LogP contribution in [0, 0.1) is 10.8 Å². The van der Waals surface area contributed by atoms with Crippen molar-refractivity contribution in [3.63, 3.8) is 0 Å². The van der Waals surface area contributed by atoms with Gasteiger partial charge in [-0.1, -0.05) is 99.5 Å². The van der Waals surface area contributed by atoms with Gasteiger partial charge < -0.3 is 15.4 Å². The summed E-state index contributed by atoms with van der Waals surface area (Å²) in [6, 6.07) is 1.41. The molecule has 0 aliphatic rings. The van der Waals surface area contributed by atoms with Gasteiger partial charge in [0.2, 0.25) is 27.7 Å². The lowest BCUT2D eigenvalue weighted by atomic mass is 9.96. The number of hydrogen-bond acceptors (Lipinski definition) is 6. The molecule has 1 rings (SSSR count). The van der Waals surface area contributed by atoms with E-state index >= 15 is 0 Å². The first-order valence-electron chi connectivity index (χ1n) is 8.83. The second kappa shape index (κ2) is 11.0. The van der Waals surface area contributed by atoms with E-state index < -0.39 is 26.8 Å². The number of carbonyl (C=O) groups is 2. The number of aromatic nitrogens is 2. The molecule has 0 aliphatic heterocycles. The van der Waals surface area contributed by atoms with Crippen LogP contribution >= 0.6 is 69.8 Å². The molecule has 31 heavy (non-hydrogen) atoms. The summed E-state index contributed by atoms with van der Waals surface area (Å²) in [4.78, 5) is 32.8. The molecule has 1 atom stereocenters. The number of amides is 2. The van der Waals surface area contributed by atoms with Crippen LogP contribution in [0.4, 0.5) is 0 Å². The van der Waals surface area contributed by atoms with E-state index in [0.29, 0.717) is 0 Å². The zero-order valence-corrected chi connectivity index (χ0v) is 22.2. The van der Waals surface area contributed by atoms with Gasteiger partial charge in [-0.3, -0.25) is 9.59 Å². The van der Waals surface area contributed by atoms with Crippen LogP contribution in [0.5, 0.6) is 5.88 Å². The van der Waals surface area contributed by atoms with Crippen LogP contribution in [0.25, 0.3) is 0 Å². The maximum Gasteiger partial charge on any atom is 0.246 e. The summed E-state index contributed by atoms with van der Waals surface area (Å²) >= 11 is 30.6. The molecule has 1 aromatic rings. The monoisotopic (exact) mass is 550 g/mol. The van der Waals surface area contributed by atoms with Crippen LogP contribution in [0.3, 0.4) is 0 Å². The van der Waals surface area contributed by atoms with Gasteiger partial charge in [0.15, 0.2) is 5.16 Å². The predicted octanol–water partition coefficient (Wildman–Crippen LogP) is 5.57. The molecule has 0 saturated carbocycles. The maximum absolute atomic E-state index is 12.3. The largest absolute Gasteiger partial charge is 0.449 e. The molecule has 0 bridgehead atoms. The summed E-state index contributed by atoms with van der Waals surface area (Å²) in [6.45, 7) is 10.3. The molecule has 0 radical (unpaired) electrons. The third-order valence-corrected chi connectivity index (χ3v) is 5.45. The zero-order valence-electron chi connectivity index (χ0n) is 17.6. The standard InChI is InChI=1S/C18H23Cl5N4O3S/c1-16(2,3)12(28)26-11(10(19)20)31-15-24-8-7-9(25-15)30-14(18(21,22)23)27-13(29)17(4,5)6/h7-8,14H,1-6H3,(H,26,28)(H,27,29)/t14-/m0/s1. The van der Waals surface area contributed by atoms with Gasteiger partial charge in [-0.2, -0.15) is 4.98 Å². The molecule has 174 valence electrons. The molecular formula is C18H23Cl5N4O3S. The van der Waals surface area contributed by atoms with Gasteiger partial charge >= 0.3 is 0 Å². The van der Waals surface area contributed by atoms with Crippen LogP contribution in [-0.2, 0) is 9.59 Å². The lowest BCUT2D eigenvalue weighted by Gasteiger charge is -2.28. The average Bonchev–Trinajstić information content (AvgIpc) is 2.58. The van der Waals surface area contributed by atoms with E-state index in [0.717, 1.165) is 11.8 Å². The first-order valence-corrected chi connectivity index (χ1v) is 11.5. The normalized spacial score (nSPS) is 13.3. The van der Waals surface area contributed by atoms with Crippen molar-refractivity contribution in [1.82, 2.24) is 20.6 Å². The number of carbonyl (C=O) groups excluding carboxylic acids is 2. The van der Waals surface area contributed by atoms with Gasteiger partial charge in [0, 0.05) is 23.1 Å². The van der Waals surface area contributed by atoms with E-state index in [1.54, 1.807) is 41.5 Å². The van der Waals surface area contributed by atoms with E-state index in [-0.39, 0.29) is 26.5 Å². The van der Waals surface area contributed by atoms with Gasteiger partial charge in [-0.25, -0.2) is 4.98 Å². The molecule has 2 N–H and O–H groups in total. The third kappa shape index (κ3) is 9.80. The highest BCUT2D eigenvalue weighted by atomic mass is 35.6. The molecule has 13 heteroatoms. The highest BCUT2D eigenvalue weighted by Crippen LogP contribution is 2.33. The average molecular weight is 553 g/mol. The number of nitrogens with one attached hydrogen (secondary N) is 2. The number of alkyl halides is 3. The van der Waals surface area contributed by atoms with E-state index in [2.05, 4.69) is 20.6 Å².